The SMILES string of the molecule is COCc1nc(CSc2ccccc2C)nc(N)c1I. The molecular formula is C14H16IN3OS. The third kappa shape index (κ3) is 3.83. The van der Waals surface area contributed by atoms with E-state index in [9.17, 15) is 0 Å². The molecule has 0 radical (unpaired) electrons. The fourth-order valence-electron chi connectivity index (χ4n) is 1.72. The highest BCUT2D eigenvalue weighted by molar-refractivity contribution is 14.1. The molecule has 6 heteroatoms. The quantitative estimate of drug-likeness (QED) is 0.615. The average molecular weight is 401 g/mol. The molecule has 0 saturated heterocycles. The summed E-state index contributed by atoms with van der Waals surface area (Å²) in [6.07, 6.45) is 0. The predicted octanol–water partition coefficient (Wildman–Crippen LogP) is 3.41. The van der Waals surface area contributed by atoms with Gasteiger partial charge < -0.3 is 10.5 Å². The minimum atomic E-state index is 0.451. The maximum absolute atomic E-state index is 5.93. The number of methoxy groups -OCH3 is 1. The van der Waals surface area contributed by atoms with Crippen LogP contribution in [0.1, 0.15) is 17.1 Å². The molecule has 1 heterocycles. The molecule has 0 aliphatic carbocycles. The highest BCUT2D eigenvalue weighted by atomic mass is 127. The van der Waals surface area contributed by atoms with E-state index >= 15 is 0 Å². The lowest BCUT2D eigenvalue weighted by molar-refractivity contribution is 0.180. The number of nitrogen functional groups attached to an aromatic ring is 1. The number of halogens is 1. The van der Waals surface area contributed by atoms with Crippen molar-refractivity contribution >= 4 is 40.2 Å². The van der Waals surface area contributed by atoms with E-state index in [4.69, 9.17) is 10.5 Å². The molecule has 0 atom stereocenters. The minimum absolute atomic E-state index is 0.451. The third-order valence-electron chi connectivity index (χ3n) is 2.72. The van der Waals surface area contributed by atoms with Crippen molar-refractivity contribution in [1.82, 2.24) is 9.97 Å². The van der Waals surface area contributed by atoms with E-state index in [2.05, 4.69) is 51.6 Å². The number of rotatable bonds is 5. The Morgan fingerprint density at radius 1 is 1.30 bits per heavy atom. The number of benzene rings is 1. The van der Waals surface area contributed by atoms with Crippen molar-refractivity contribution in [3.8, 4) is 0 Å². The molecule has 0 fully saturated rings. The van der Waals surface area contributed by atoms with E-state index in [1.54, 1.807) is 18.9 Å². The zero-order chi connectivity index (χ0) is 14.5. The summed E-state index contributed by atoms with van der Waals surface area (Å²) in [5, 5.41) is 0. The molecule has 20 heavy (non-hydrogen) atoms. The Hall–Kier alpha value is -0.860. The Morgan fingerprint density at radius 3 is 2.75 bits per heavy atom. The van der Waals surface area contributed by atoms with Gasteiger partial charge in [-0.1, -0.05) is 18.2 Å². The zero-order valence-electron chi connectivity index (χ0n) is 11.4. The summed E-state index contributed by atoms with van der Waals surface area (Å²) >= 11 is 3.87. The van der Waals surface area contributed by atoms with E-state index in [0.717, 1.165) is 15.1 Å². The van der Waals surface area contributed by atoms with Gasteiger partial charge in [-0.3, -0.25) is 0 Å². The first kappa shape index (κ1) is 15.5. The number of nitrogens with two attached hydrogens (primary N) is 1. The molecule has 1 aromatic heterocycles. The summed E-state index contributed by atoms with van der Waals surface area (Å²) in [7, 11) is 1.65. The standard InChI is InChI=1S/C14H16IN3OS/c1-9-5-3-4-6-11(9)20-8-12-17-10(7-19-2)13(15)14(16)18-12/h3-6H,7-8H2,1-2H3,(H2,16,17,18). The fraction of sp³-hybridized carbons (Fsp3) is 0.286. The van der Waals surface area contributed by atoms with Crippen LogP contribution >= 0.6 is 34.4 Å². The number of anilines is 1. The summed E-state index contributed by atoms with van der Waals surface area (Å²) in [4.78, 5) is 10.1. The van der Waals surface area contributed by atoms with Crippen LogP contribution in [-0.2, 0) is 17.1 Å². The molecule has 1 aromatic carbocycles. The van der Waals surface area contributed by atoms with Gasteiger partial charge in [0.15, 0.2) is 0 Å². The molecule has 0 saturated carbocycles. The Morgan fingerprint density at radius 2 is 2.05 bits per heavy atom. The summed E-state index contributed by atoms with van der Waals surface area (Å²) < 4.78 is 6.01. The number of hydrogen-bond donors (Lipinski definition) is 1. The topological polar surface area (TPSA) is 61.0 Å². The van der Waals surface area contributed by atoms with Crippen molar-refractivity contribution in [2.75, 3.05) is 12.8 Å². The molecule has 0 amide bonds. The third-order valence-corrected chi connectivity index (χ3v) is 5.07. The first-order valence-corrected chi connectivity index (χ1v) is 8.16. The van der Waals surface area contributed by atoms with Crippen molar-refractivity contribution in [3.63, 3.8) is 0 Å². The van der Waals surface area contributed by atoms with Gasteiger partial charge in [-0.15, -0.1) is 11.8 Å². The largest absolute Gasteiger partial charge is 0.383 e. The van der Waals surface area contributed by atoms with Crippen LogP contribution in [0.25, 0.3) is 0 Å². The summed E-state index contributed by atoms with van der Waals surface area (Å²) in [5.74, 6) is 1.96. The predicted molar refractivity (Wildman–Crippen MR) is 90.6 cm³/mol. The van der Waals surface area contributed by atoms with Crippen molar-refractivity contribution in [3.05, 3.63) is 44.9 Å². The van der Waals surface area contributed by atoms with Gasteiger partial charge in [0.05, 0.1) is 21.6 Å². The Balaban J connectivity index is 2.16. The van der Waals surface area contributed by atoms with Crippen LogP contribution in [0.4, 0.5) is 5.82 Å². The van der Waals surface area contributed by atoms with E-state index in [1.807, 2.05) is 12.1 Å². The number of aromatic nitrogens is 2. The van der Waals surface area contributed by atoms with Crippen molar-refractivity contribution in [1.29, 1.82) is 0 Å². The van der Waals surface area contributed by atoms with Gasteiger partial charge in [0.2, 0.25) is 0 Å². The number of ether oxygens (including phenoxy) is 1. The number of hydrogen-bond acceptors (Lipinski definition) is 5. The monoisotopic (exact) mass is 401 g/mol. The van der Waals surface area contributed by atoms with Crippen molar-refractivity contribution in [2.45, 2.75) is 24.2 Å². The van der Waals surface area contributed by atoms with E-state index in [1.165, 1.54) is 10.5 Å². The van der Waals surface area contributed by atoms with E-state index in [0.29, 0.717) is 18.2 Å². The van der Waals surface area contributed by atoms with Gasteiger partial charge >= 0.3 is 0 Å². The van der Waals surface area contributed by atoms with Gasteiger partial charge in [-0.2, -0.15) is 0 Å². The fourth-order valence-corrected chi connectivity index (χ4v) is 3.00. The smallest absolute Gasteiger partial charge is 0.141 e. The van der Waals surface area contributed by atoms with Gasteiger partial charge in [0.25, 0.3) is 0 Å². The number of aryl methyl sites for hydroxylation is 1. The van der Waals surface area contributed by atoms with Gasteiger partial charge in [-0.25, -0.2) is 9.97 Å². The van der Waals surface area contributed by atoms with Crippen LogP contribution in [0.3, 0.4) is 0 Å². The Bertz CT molecular complexity index is 607. The average Bonchev–Trinajstić information content (AvgIpc) is 2.43. The normalized spacial score (nSPS) is 10.8. The molecule has 0 bridgehead atoms. The van der Waals surface area contributed by atoms with E-state index in [-0.39, 0.29) is 0 Å². The first-order valence-electron chi connectivity index (χ1n) is 6.10. The van der Waals surface area contributed by atoms with Crippen LogP contribution in [0.5, 0.6) is 0 Å². The van der Waals surface area contributed by atoms with E-state index < -0.39 is 0 Å². The second kappa shape index (κ2) is 7.24. The number of thioether (sulfide) groups is 1. The first-order chi connectivity index (χ1) is 9.61. The summed E-state index contributed by atoms with van der Waals surface area (Å²) in [5.41, 5.74) is 8.03. The molecule has 0 aliphatic rings. The molecule has 4 nitrogen and oxygen atoms in total. The molecule has 0 unspecified atom stereocenters. The van der Waals surface area contributed by atoms with Gasteiger partial charge in [0, 0.05) is 12.0 Å². The highest BCUT2D eigenvalue weighted by Crippen LogP contribution is 2.26. The molecule has 0 spiro atoms. The molecule has 2 rings (SSSR count). The second-order valence-electron chi connectivity index (χ2n) is 4.27. The van der Waals surface area contributed by atoms with Crippen molar-refractivity contribution in [2.24, 2.45) is 0 Å². The summed E-state index contributed by atoms with van der Waals surface area (Å²) in [6, 6.07) is 8.28. The lowest BCUT2D eigenvalue weighted by Crippen LogP contribution is -2.07. The van der Waals surface area contributed by atoms with Crippen LogP contribution in [0.15, 0.2) is 29.2 Å². The molecular weight excluding hydrogens is 385 g/mol. The zero-order valence-corrected chi connectivity index (χ0v) is 14.4. The molecule has 2 N–H and O–H groups in total. The minimum Gasteiger partial charge on any atom is -0.383 e. The number of nitrogens with zero attached hydrogens (tertiary/aromatic N) is 2. The summed E-state index contributed by atoms with van der Waals surface area (Å²) in [6.45, 7) is 2.55. The van der Waals surface area contributed by atoms with Crippen LogP contribution < -0.4 is 5.73 Å². The van der Waals surface area contributed by atoms with Crippen LogP contribution in [0, 0.1) is 10.5 Å². The lowest BCUT2D eigenvalue weighted by atomic mass is 10.2. The van der Waals surface area contributed by atoms with Gasteiger partial charge in [-0.05, 0) is 41.1 Å². The van der Waals surface area contributed by atoms with Crippen molar-refractivity contribution < 1.29 is 4.74 Å². The Labute approximate surface area is 136 Å². The second-order valence-corrected chi connectivity index (χ2v) is 6.37. The lowest BCUT2D eigenvalue weighted by Gasteiger charge is -2.09. The van der Waals surface area contributed by atoms with Gasteiger partial charge in [0.1, 0.15) is 11.6 Å². The maximum atomic E-state index is 5.93. The van der Waals surface area contributed by atoms with Crippen LogP contribution in [-0.4, -0.2) is 17.1 Å². The highest BCUT2D eigenvalue weighted by Gasteiger charge is 2.10. The molecule has 0 aliphatic heterocycles. The molecule has 106 valence electrons. The molecule has 2 aromatic rings. The Kier molecular flexibility index (Phi) is 5.62. The van der Waals surface area contributed by atoms with Crippen LogP contribution in [0.2, 0.25) is 0 Å². The maximum Gasteiger partial charge on any atom is 0.141 e.